The first-order chi connectivity index (χ1) is 13.2. The van der Waals surface area contributed by atoms with Gasteiger partial charge in [0, 0.05) is 24.2 Å². The average molecular weight is 375 g/mol. The maximum atomic E-state index is 12.7. The van der Waals surface area contributed by atoms with Gasteiger partial charge < -0.3 is 4.90 Å². The lowest BCUT2D eigenvalue weighted by Crippen LogP contribution is -2.50. The van der Waals surface area contributed by atoms with E-state index in [1.165, 1.54) is 0 Å². The Labute approximate surface area is 160 Å². The van der Waals surface area contributed by atoms with Crippen LogP contribution >= 0.6 is 11.3 Å². The molecule has 6 nitrogen and oxygen atoms in total. The number of benzene rings is 2. The molecular weight excluding hydrogens is 358 g/mol. The fourth-order valence-electron chi connectivity index (χ4n) is 3.34. The number of carbonyl (C=O) groups is 1. The number of rotatable bonds is 3. The van der Waals surface area contributed by atoms with Gasteiger partial charge in [0.15, 0.2) is 0 Å². The third-order valence-corrected chi connectivity index (χ3v) is 5.78. The van der Waals surface area contributed by atoms with E-state index in [4.69, 9.17) is 0 Å². The minimum Gasteiger partial charge on any atom is -0.334 e. The first-order valence-electron chi connectivity index (χ1n) is 8.81. The molecule has 2 aromatic heterocycles. The molecule has 3 heterocycles. The van der Waals surface area contributed by atoms with Gasteiger partial charge in [-0.05, 0) is 25.1 Å². The summed E-state index contributed by atoms with van der Waals surface area (Å²) in [5.41, 5.74) is 3.57. The van der Waals surface area contributed by atoms with Gasteiger partial charge >= 0.3 is 0 Å². The molecule has 0 spiro atoms. The normalized spacial score (nSPS) is 14.5. The molecule has 1 aliphatic rings. The summed E-state index contributed by atoms with van der Waals surface area (Å²) in [7, 11) is 0. The van der Waals surface area contributed by atoms with E-state index in [1.807, 2.05) is 71.2 Å². The van der Waals surface area contributed by atoms with E-state index in [1.54, 1.807) is 11.3 Å². The third kappa shape index (κ3) is 2.90. The number of amides is 1. The van der Waals surface area contributed by atoms with Gasteiger partial charge in [0.1, 0.15) is 5.69 Å². The molecule has 0 aliphatic carbocycles. The first kappa shape index (κ1) is 16.1. The minimum absolute atomic E-state index is 0.0580. The summed E-state index contributed by atoms with van der Waals surface area (Å²) < 4.78 is 2.92. The van der Waals surface area contributed by atoms with Crippen molar-refractivity contribution in [1.82, 2.24) is 24.9 Å². The zero-order chi connectivity index (χ0) is 18.4. The van der Waals surface area contributed by atoms with Crippen molar-refractivity contribution in [2.24, 2.45) is 0 Å². The molecule has 2 aromatic carbocycles. The lowest BCUT2D eigenvalue weighted by Gasteiger charge is -2.38. The fourth-order valence-corrected chi connectivity index (χ4v) is 4.21. The third-order valence-electron chi connectivity index (χ3n) is 4.85. The number of carbonyl (C=O) groups excluding carboxylic acids is 1. The van der Waals surface area contributed by atoms with Gasteiger partial charge in [0.05, 0.1) is 27.5 Å². The van der Waals surface area contributed by atoms with Crippen LogP contribution in [0, 0.1) is 6.92 Å². The molecule has 0 atom stereocenters. The minimum atomic E-state index is 0.0580. The SMILES string of the molecule is Cc1nc2ccc(C(=O)N3CC(n4cc(-c5ccccc5)nn4)C3)cc2s1. The monoisotopic (exact) mass is 375 g/mol. The number of likely N-dealkylation sites (tertiary alicyclic amines) is 1. The van der Waals surface area contributed by atoms with Gasteiger partial charge in [-0.25, -0.2) is 9.67 Å². The molecule has 1 fully saturated rings. The van der Waals surface area contributed by atoms with E-state index in [0.717, 1.165) is 26.5 Å². The molecule has 5 rings (SSSR count). The van der Waals surface area contributed by atoms with Gasteiger partial charge in [0.2, 0.25) is 0 Å². The topological polar surface area (TPSA) is 63.9 Å². The van der Waals surface area contributed by atoms with E-state index < -0.39 is 0 Å². The zero-order valence-electron chi connectivity index (χ0n) is 14.7. The van der Waals surface area contributed by atoms with Gasteiger partial charge in [-0.15, -0.1) is 16.4 Å². The fraction of sp³-hybridized carbons (Fsp3) is 0.200. The number of hydrogen-bond donors (Lipinski definition) is 0. The number of nitrogens with zero attached hydrogens (tertiary/aromatic N) is 5. The van der Waals surface area contributed by atoms with Gasteiger partial charge in [0.25, 0.3) is 5.91 Å². The van der Waals surface area contributed by atoms with Crippen LogP contribution in [-0.2, 0) is 0 Å². The first-order valence-corrected chi connectivity index (χ1v) is 9.63. The largest absolute Gasteiger partial charge is 0.334 e. The van der Waals surface area contributed by atoms with Crippen LogP contribution < -0.4 is 0 Å². The summed E-state index contributed by atoms with van der Waals surface area (Å²) in [4.78, 5) is 19.0. The van der Waals surface area contributed by atoms with Crippen LogP contribution in [-0.4, -0.2) is 43.9 Å². The van der Waals surface area contributed by atoms with Crippen molar-refractivity contribution in [2.75, 3.05) is 13.1 Å². The molecule has 1 aliphatic heterocycles. The Balaban J connectivity index is 1.28. The van der Waals surface area contributed by atoms with Crippen molar-refractivity contribution in [3.8, 4) is 11.3 Å². The van der Waals surface area contributed by atoms with Crippen LogP contribution in [0.5, 0.6) is 0 Å². The molecular formula is C20H17N5OS. The van der Waals surface area contributed by atoms with E-state index in [0.29, 0.717) is 18.7 Å². The lowest BCUT2D eigenvalue weighted by atomic mass is 10.1. The van der Waals surface area contributed by atoms with Crippen LogP contribution in [0.4, 0.5) is 0 Å². The molecule has 27 heavy (non-hydrogen) atoms. The van der Waals surface area contributed by atoms with Crippen molar-refractivity contribution in [3.63, 3.8) is 0 Å². The molecule has 1 saturated heterocycles. The Kier molecular flexibility index (Phi) is 3.75. The number of hydrogen-bond acceptors (Lipinski definition) is 5. The van der Waals surface area contributed by atoms with Crippen LogP contribution in [0.2, 0.25) is 0 Å². The van der Waals surface area contributed by atoms with Crippen molar-refractivity contribution in [1.29, 1.82) is 0 Å². The van der Waals surface area contributed by atoms with E-state index >= 15 is 0 Å². The summed E-state index contributed by atoms with van der Waals surface area (Å²) in [5.74, 6) is 0.0580. The second-order valence-electron chi connectivity index (χ2n) is 6.73. The summed E-state index contributed by atoms with van der Waals surface area (Å²) >= 11 is 1.61. The summed E-state index contributed by atoms with van der Waals surface area (Å²) in [6.45, 7) is 3.28. The van der Waals surface area contributed by atoms with Crippen LogP contribution in [0.25, 0.3) is 21.5 Å². The van der Waals surface area contributed by atoms with Crippen molar-refractivity contribution >= 4 is 27.5 Å². The highest BCUT2D eigenvalue weighted by Gasteiger charge is 2.33. The molecule has 4 aromatic rings. The molecule has 0 bridgehead atoms. The van der Waals surface area contributed by atoms with Crippen LogP contribution in [0.3, 0.4) is 0 Å². The summed E-state index contributed by atoms with van der Waals surface area (Å²) in [5, 5.41) is 9.52. The van der Waals surface area contributed by atoms with Crippen molar-refractivity contribution in [3.05, 3.63) is 65.3 Å². The predicted octanol–water partition coefficient (Wildman–Crippen LogP) is 3.56. The standard InChI is InChI=1S/C20H17N5OS/c1-13-21-17-8-7-15(9-19(17)27-13)20(26)24-10-16(11-24)25-12-18(22-23-25)14-5-3-2-4-6-14/h2-9,12,16H,10-11H2,1H3. The van der Waals surface area contributed by atoms with E-state index in [2.05, 4.69) is 15.3 Å². The lowest BCUT2D eigenvalue weighted by molar-refractivity contribution is 0.0498. The average Bonchev–Trinajstić information content (AvgIpc) is 3.26. The highest BCUT2D eigenvalue weighted by atomic mass is 32.1. The molecule has 0 unspecified atom stereocenters. The van der Waals surface area contributed by atoms with E-state index in [9.17, 15) is 4.79 Å². The number of aryl methyl sites for hydroxylation is 1. The van der Waals surface area contributed by atoms with Crippen molar-refractivity contribution in [2.45, 2.75) is 13.0 Å². The second kappa shape index (κ2) is 6.28. The molecule has 134 valence electrons. The smallest absolute Gasteiger partial charge is 0.254 e. The Morgan fingerprint density at radius 2 is 1.96 bits per heavy atom. The quantitative estimate of drug-likeness (QED) is 0.549. The number of thiazole rings is 1. The Morgan fingerprint density at radius 3 is 2.78 bits per heavy atom. The maximum absolute atomic E-state index is 12.7. The number of aromatic nitrogens is 4. The van der Waals surface area contributed by atoms with Crippen LogP contribution in [0.15, 0.2) is 54.7 Å². The molecule has 0 saturated carbocycles. The molecule has 0 radical (unpaired) electrons. The van der Waals surface area contributed by atoms with Gasteiger partial charge in [-0.3, -0.25) is 4.79 Å². The Bertz CT molecular complexity index is 1130. The Morgan fingerprint density at radius 1 is 1.15 bits per heavy atom. The number of fused-ring (bicyclic) bond motifs is 1. The molecule has 1 amide bonds. The van der Waals surface area contributed by atoms with Crippen LogP contribution in [0.1, 0.15) is 21.4 Å². The molecule has 0 N–H and O–H groups in total. The summed E-state index contributed by atoms with van der Waals surface area (Å²) in [6.07, 6.45) is 1.95. The molecule has 7 heteroatoms. The predicted molar refractivity (Wildman–Crippen MR) is 105 cm³/mol. The van der Waals surface area contributed by atoms with Gasteiger partial charge in [-0.2, -0.15) is 0 Å². The zero-order valence-corrected chi connectivity index (χ0v) is 15.6. The second-order valence-corrected chi connectivity index (χ2v) is 7.96. The van der Waals surface area contributed by atoms with Gasteiger partial charge in [-0.1, -0.05) is 35.5 Å². The maximum Gasteiger partial charge on any atom is 0.254 e. The van der Waals surface area contributed by atoms with Crippen molar-refractivity contribution < 1.29 is 4.79 Å². The summed E-state index contributed by atoms with van der Waals surface area (Å²) in [6, 6.07) is 15.9. The van der Waals surface area contributed by atoms with E-state index in [-0.39, 0.29) is 11.9 Å². The highest BCUT2D eigenvalue weighted by molar-refractivity contribution is 7.18. The Hall–Kier alpha value is -3.06. The highest BCUT2D eigenvalue weighted by Crippen LogP contribution is 2.27.